The Morgan fingerprint density at radius 2 is 1.67 bits per heavy atom. The first kappa shape index (κ1) is 12.7. The lowest BCUT2D eigenvalue weighted by Crippen LogP contribution is -2.29. The molecule has 0 atom stereocenters. The van der Waals surface area contributed by atoms with Gasteiger partial charge in [0.05, 0.1) is 0 Å². The number of hydrogen-bond acceptors (Lipinski definition) is 2. The second kappa shape index (κ2) is 5.05. The SMILES string of the molecule is Cc1oc2ccccc2c1CNC1Cc2ccccc2C1. The minimum Gasteiger partial charge on any atom is -0.461 e. The van der Waals surface area contributed by atoms with Gasteiger partial charge in [0.2, 0.25) is 0 Å². The van der Waals surface area contributed by atoms with E-state index in [0.717, 1.165) is 30.7 Å². The first-order valence-corrected chi connectivity index (χ1v) is 7.58. The number of benzene rings is 2. The number of hydrogen-bond donors (Lipinski definition) is 1. The normalized spacial score (nSPS) is 14.7. The molecule has 1 aliphatic rings. The minimum atomic E-state index is 0.537. The molecule has 21 heavy (non-hydrogen) atoms. The topological polar surface area (TPSA) is 25.2 Å². The van der Waals surface area contributed by atoms with Gasteiger partial charge < -0.3 is 9.73 Å². The summed E-state index contributed by atoms with van der Waals surface area (Å²) in [5.41, 5.74) is 5.26. The zero-order valence-electron chi connectivity index (χ0n) is 12.2. The molecule has 106 valence electrons. The predicted molar refractivity (Wildman–Crippen MR) is 85.4 cm³/mol. The van der Waals surface area contributed by atoms with E-state index in [4.69, 9.17) is 4.42 Å². The summed E-state index contributed by atoms with van der Waals surface area (Å²) in [7, 11) is 0. The summed E-state index contributed by atoms with van der Waals surface area (Å²) >= 11 is 0. The Morgan fingerprint density at radius 1 is 1.00 bits per heavy atom. The molecule has 0 spiro atoms. The highest BCUT2D eigenvalue weighted by Gasteiger charge is 2.21. The van der Waals surface area contributed by atoms with Crippen molar-refractivity contribution in [3.8, 4) is 0 Å². The van der Waals surface area contributed by atoms with E-state index in [-0.39, 0.29) is 0 Å². The van der Waals surface area contributed by atoms with Crippen LogP contribution in [0.25, 0.3) is 11.0 Å². The van der Waals surface area contributed by atoms with Gasteiger partial charge in [-0.15, -0.1) is 0 Å². The third-order valence-corrected chi connectivity index (χ3v) is 4.52. The standard InChI is InChI=1S/C19H19NO/c1-13-18(17-8-4-5-9-19(17)21-13)12-20-16-10-14-6-2-3-7-15(14)11-16/h2-9,16,20H,10-12H2,1H3. The maximum Gasteiger partial charge on any atom is 0.134 e. The Morgan fingerprint density at radius 3 is 2.43 bits per heavy atom. The highest BCUT2D eigenvalue weighted by molar-refractivity contribution is 5.82. The van der Waals surface area contributed by atoms with Gasteiger partial charge in [-0.05, 0) is 37.0 Å². The number of rotatable bonds is 3. The maximum atomic E-state index is 5.84. The van der Waals surface area contributed by atoms with E-state index < -0.39 is 0 Å². The van der Waals surface area contributed by atoms with E-state index >= 15 is 0 Å². The van der Waals surface area contributed by atoms with E-state index in [2.05, 4.69) is 48.6 Å². The zero-order valence-corrected chi connectivity index (χ0v) is 12.2. The van der Waals surface area contributed by atoms with Crippen molar-refractivity contribution in [3.05, 3.63) is 71.0 Å². The van der Waals surface area contributed by atoms with Crippen molar-refractivity contribution >= 4 is 11.0 Å². The van der Waals surface area contributed by atoms with Gasteiger partial charge in [0.1, 0.15) is 11.3 Å². The molecular formula is C19H19NO. The summed E-state index contributed by atoms with van der Waals surface area (Å²) in [6.07, 6.45) is 2.26. The largest absolute Gasteiger partial charge is 0.461 e. The Labute approximate surface area is 124 Å². The van der Waals surface area contributed by atoms with Crippen molar-refractivity contribution in [2.45, 2.75) is 32.4 Å². The molecule has 0 bridgehead atoms. The van der Waals surface area contributed by atoms with E-state index in [9.17, 15) is 0 Å². The summed E-state index contributed by atoms with van der Waals surface area (Å²) in [4.78, 5) is 0. The molecule has 4 rings (SSSR count). The molecule has 2 heteroatoms. The summed E-state index contributed by atoms with van der Waals surface area (Å²) in [5.74, 6) is 1.03. The molecule has 1 aliphatic carbocycles. The van der Waals surface area contributed by atoms with Crippen molar-refractivity contribution in [2.24, 2.45) is 0 Å². The lowest BCUT2D eigenvalue weighted by Gasteiger charge is -2.11. The van der Waals surface area contributed by atoms with Crippen LogP contribution in [0.5, 0.6) is 0 Å². The van der Waals surface area contributed by atoms with Gasteiger partial charge in [0.15, 0.2) is 0 Å². The number of aryl methyl sites for hydroxylation is 1. The highest BCUT2D eigenvalue weighted by atomic mass is 16.3. The molecule has 1 heterocycles. The van der Waals surface area contributed by atoms with E-state index in [1.165, 1.54) is 22.1 Å². The van der Waals surface area contributed by atoms with Crippen molar-refractivity contribution in [2.75, 3.05) is 0 Å². The Bertz CT molecular complexity index is 762. The maximum absolute atomic E-state index is 5.84. The smallest absolute Gasteiger partial charge is 0.134 e. The van der Waals surface area contributed by atoms with Crippen LogP contribution in [-0.4, -0.2) is 6.04 Å². The van der Waals surface area contributed by atoms with Gasteiger partial charge in [-0.1, -0.05) is 42.5 Å². The van der Waals surface area contributed by atoms with Crippen LogP contribution >= 0.6 is 0 Å². The quantitative estimate of drug-likeness (QED) is 0.783. The monoisotopic (exact) mass is 277 g/mol. The van der Waals surface area contributed by atoms with Gasteiger partial charge in [-0.25, -0.2) is 0 Å². The molecule has 1 aromatic heterocycles. The fourth-order valence-corrected chi connectivity index (χ4v) is 3.39. The number of nitrogens with one attached hydrogen (secondary N) is 1. The highest BCUT2D eigenvalue weighted by Crippen LogP contribution is 2.26. The number of fused-ring (bicyclic) bond motifs is 2. The molecule has 0 amide bonds. The van der Waals surface area contributed by atoms with Crippen molar-refractivity contribution < 1.29 is 4.42 Å². The third kappa shape index (κ3) is 2.26. The van der Waals surface area contributed by atoms with Gasteiger partial charge in [0, 0.05) is 23.5 Å². The molecule has 2 nitrogen and oxygen atoms in total. The fraction of sp³-hybridized carbons (Fsp3) is 0.263. The molecule has 0 unspecified atom stereocenters. The Kier molecular flexibility index (Phi) is 3.04. The van der Waals surface area contributed by atoms with Crippen molar-refractivity contribution in [1.29, 1.82) is 0 Å². The van der Waals surface area contributed by atoms with Gasteiger partial charge in [-0.3, -0.25) is 0 Å². The molecule has 1 N–H and O–H groups in total. The average molecular weight is 277 g/mol. The molecule has 0 saturated carbocycles. The minimum absolute atomic E-state index is 0.537. The summed E-state index contributed by atoms with van der Waals surface area (Å²) in [6.45, 7) is 2.93. The van der Waals surface area contributed by atoms with Crippen LogP contribution in [0.15, 0.2) is 52.9 Å². The Balaban J connectivity index is 1.51. The first-order chi connectivity index (χ1) is 10.3. The number of furan rings is 1. The van der Waals surface area contributed by atoms with Crippen LogP contribution < -0.4 is 5.32 Å². The van der Waals surface area contributed by atoms with Crippen molar-refractivity contribution in [3.63, 3.8) is 0 Å². The van der Waals surface area contributed by atoms with Crippen LogP contribution in [0.3, 0.4) is 0 Å². The van der Waals surface area contributed by atoms with Crippen LogP contribution in [0.2, 0.25) is 0 Å². The van der Waals surface area contributed by atoms with Gasteiger partial charge in [-0.2, -0.15) is 0 Å². The first-order valence-electron chi connectivity index (χ1n) is 7.58. The summed E-state index contributed by atoms with van der Waals surface area (Å²) < 4.78 is 5.84. The molecule has 0 radical (unpaired) electrons. The summed E-state index contributed by atoms with van der Waals surface area (Å²) in [5, 5.41) is 4.94. The molecule has 0 fully saturated rings. The lowest BCUT2D eigenvalue weighted by atomic mass is 10.1. The van der Waals surface area contributed by atoms with Gasteiger partial charge in [0.25, 0.3) is 0 Å². The van der Waals surface area contributed by atoms with Crippen LogP contribution in [0.4, 0.5) is 0 Å². The third-order valence-electron chi connectivity index (χ3n) is 4.52. The molecule has 0 aliphatic heterocycles. The van der Waals surface area contributed by atoms with Crippen LogP contribution in [0.1, 0.15) is 22.5 Å². The van der Waals surface area contributed by atoms with E-state index in [1.807, 2.05) is 12.1 Å². The van der Waals surface area contributed by atoms with Crippen molar-refractivity contribution in [1.82, 2.24) is 5.32 Å². The van der Waals surface area contributed by atoms with Crippen LogP contribution in [-0.2, 0) is 19.4 Å². The summed E-state index contributed by atoms with van der Waals surface area (Å²) in [6, 6.07) is 17.6. The second-order valence-electron chi connectivity index (χ2n) is 5.89. The molecule has 0 saturated heterocycles. The molecule has 2 aromatic carbocycles. The van der Waals surface area contributed by atoms with E-state index in [0.29, 0.717) is 6.04 Å². The lowest BCUT2D eigenvalue weighted by molar-refractivity contribution is 0.520. The van der Waals surface area contributed by atoms with Crippen LogP contribution in [0, 0.1) is 6.92 Å². The zero-order chi connectivity index (χ0) is 14.2. The molecular weight excluding hydrogens is 258 g/mol. The second-order valence-corrected chi connectivity index (χ2v) is 5.89. The number of para-hydroxylation sites is 1. The molecule has 3 aromatic rings. The van der Waals surface area contributed by atoms with Gasteiger partial charge >= 0.3 is 0 Å². The Hall–Kier alpha value is -2.06. The average Bonchev–Trinajstić information content (AvgIpc) is 3.04. The van der Waals surface area contributed by atoms with E-state index in [1.54, 1.807) is 0 Å². The fourth-order valence-electron chi connectivity index (χ4n) is 3.39. The predicted octanol–water partition coefficient (Wildman–Crippen LogP) is 4.00.